The van der Waals surface area contributed by atoms with E-state index < -0.39 is 0 Å². The number of ether oxygens (including phenoxy) is 1. The third-order valence-electron chi connectivity index (χ3n) is 2.70. The Labute approximate surface area is 114 Å². The number of phenolic OH excluding ortho intramolecular Hbond substituents is 1. The Morgan fingerprint density at radius 3 is 2.94 bits per heavy atom. The summed E-state index contributed by atoms with van der Waals surface area (Å²) in [5.74, 6) is 0.115. The Kier molecular flexibility index (Phi) is 4.22. The number of hydrogen-bond acceptors (Lipinski definition) is 3. The van der Waals surface area contributed by atoms with Crippen LogP contribution in [0.5, 0.6) is 5.75 Å². The molecule has 1 N–H and O–H groups in total. The van der Waals surface area contributed by atoms with Gasteiger partial charge in [0.15, 0.2) is 0 Å². The second kappa shape index (κ2) is 5.68. The fraction of sp³-hybridized carbons (Fsp3) is 0.417. The number of halogens is 1. The minimum atomic E-state index is -0.0396. The molecule has 1 fully saturated rings. The van der Waals surface area contributed by atoms with Crippen LogP contribution in [0.1, 0.15) is 16.8 Å². The highest BCUT2D eigenvalue weighted by molar-refractivity contribution is 14.1. The van der Waals surface area contributed by atoms with Gasteiger partial charge in [0.2, 0.25) is 0 Å². The van der Waals surface area contributed by atoms with E-state index in [4.69, 9.17) is 4.74 Å². The third-order valence-corrected chi connectivity index (χ3v) is 3.61. The van der Waals surface area contributed by atoms with Gasteiger partial charge in [-0.1, -0.05) is 0 Å². The summed E-state index contributed by atoms with van der Waals surface area (Å²) in [6.07, 6.45) is 0.863. The van der Waals surface area contributed by atoms with Crippen LogP contribution >= 0.6 is 22.6 Å². The number of carbonyl (C=O) groups excluding carboxylic acids is 1. The van der Waals surface area contributed by atoms with Gasteiger partial charge in [-0.05, 0) is 47.2 Å². The maximum atomic E-state index is 12.2. The first-order chi connectivity index (χ1) is 8.18. The van der Waals surface area contributed by atoms with Crippen LogP contribution in [0.15, 0.2) is 18.2 Å². The average molecular weight is 347 g/mol. The summed E-state index contributed by atoms with van der Waals surface area (Å²) in [4.78, 5) is 13.9. The predicted molar refractivity (Wildman–Crippen MR) is 72.2 cm³/mol. The van der Waals surface area contributed by atoms with E-state index in [2.05, 4.69) is 0 Å². The molecule has 1 aliphatic heterocycles. The SMILES string of the molecule is O=C(c1ccc(I)c(O)c1)N1CCCOCC1. The molecular formula is C12H14INO3. The second-order valence-corrected chi connectivity index (χ2v) is 5.09. The summed E-state index contributed by atoms with van der Waals surface area (Å²) >= 11 is 2.03. The van der Waals surface area contributed by atoms with Crippen molar-refractivity contribution in [1.82, 2.24) is 4.90 Å². The van der Waals surface area contributed by atoms with Crippen molar-refractivity contribution in [3.63, 3.8) is 0 Å². The van der Waals surface area contributed by atoms with Crippen LogP contribution in [-0.4, -0.2) is 42.2 Å². The summed E-state index contributed by atoms with van der Waals surface area (Å²) in [6.45, 7) is 2.63. The molecule has 0 atom stereocenters. The van der Waals surface area contributed by atoms with Gasteiger partial charge in [0, 0.05) is 25.3 Å². The van der Waals surface area contributed by atoms with Crippen LogP contribution in [0.3, 0.4) is 0 Å². The lowest BCUT2D eigenvalue weighted by Gasteiger charge is -2.19. The molecule has 0 unspecified atom stereocenters. The van der Waals surface area contributed by atoms with E-state index in [0.29, 0.717) is 31.9 Å². The fourth-order valence-electron chi connectivity index (χ4n) is 1.78. The first-order valence-electron chi connectivity index (χ1n) is 5.54. The Morgan fingerprint density at radius 2 is 2.18 bits per heavy atom. The number of aromatic hydroxyl groups is 1. The third kappa shape index (κ3) is 3.10. The zero-order valence-corrected chi connectivity index (χ0v) is 11.5. The Balaban J connectivity index is 2.14. The topological polar surface area (TPSA) is 49.8 Å². The largest absolute Gasteiger partial charge is 0.507 e. The minimum Gasteiger partial charge on any atom is -0.507 e. The summed E-state index contributed by atoms with van der Waals surface area (Å²) in [7, 11) is 0. The van der Waals surface area contributed by atoms with Crippen molar-refractivity contribution in [3.05, 3.63) is 27.3 Å². The van der Waals surface area contributed by atoms with Crippen LogP contribution < -0.4 is 0 Å². The first-order valence-corrected chi connectivity index (χ1v) is 6.62. The van der Waals surface area contributed by atoms with Crippen LogP contribution in [-0.2, 0) is 4.74 Å². The number of carbonyl (C=O) groups is 1. The molecule has 2 rings (SSSR count). The van der Waals surface area contributed by atoms with Crippen molar-refractivity contribution in [2.24, 2.45) is 0 Å². The maximum Gasteiger partial charge on any atom is 0.254 e. The van der Waals surface area contributed by atoms with Gasteiger partial charge < -0.3 is 14.7 Å². The number of nitrogens with zero attached hydrogens (tertiary/aromatic N) is 1. The van der Waals surface area contributed by atoms with Crippen LogP contribution in [0, 0.1) is 3.57 Å². The number of rotatable bonds is 1. The van der Waals surface area contributed by atoms with E-state index in [1.165, 1.54) is 6.07 Å². The predicted octanol–water partition coefficient (Wildman–Crippen LogP) is 1.86. The van der Waals surface area contributed by atoms with Crippen LogP contribution in [0.25, 0.3) is 0 Å². The lowest BCUT2D eigenvalue weighted by atomic mass is 10.2. The molecule has 0 radical (unpaired) electrons. The van der Waals surface area contributed by atoms with E-state index >= 15 is 0 Å². The standard InChI is InChI=1S/C12H14INO3/c13-10-3-2-9(8-11(10)15)12(16)14-4-1-6-17-7-5-14/h2-3,8,15H,1,4-7H2. The highest BCUT2D eigenvalue weighted by atomic mass is 127. The molecule has 1 aromatic carbocycles. The zero-order chi connectivity index (χ0) is 12.3. The Hall–Kier alpha value is -0.820. The van der Waals surface area contributed by atoms with Crippen molar-refractivity contribution >= 4 is 28.5 Å². The lowest BCUT2D eigenvalue weighted by molar-refractivity contribution is 0.0741. The average Bonchev–Trinajstić information content (AvgIpc) is 2.60. The molecular weight excluding hydrogens is 333 g/mol. The van der Waals surface area contributed by atoms with Crippen molar-refractivity contribution in [1.29, 1.82) is 0 Å². The van der Waals surface area contributed by atoms with Gasteiger partial charge in [0.25, 0.3) is 5.91 Å². The van der Waals surface area contributed by atoms with Gasteiger partial charge in [-0.25, -0.2) is 0 Å². The zero-order valence-electron chi connectivity index (χ0n) is 9.36. The lowest BCUT2D eigenvalue weighted by Crippen LogP contribution is -2.33. The molecule has 0 saturated carbocycles. The molecule has 1 aromatic rings. The molecule has 5 heteroatoms. The van der Waals surface area contributed by atoms with Crippen LogP contribution in [0.4, 0.5) is 0 Å². The molecule has 1 aliphatic rings. The summed E-state index contributed by atoms with van der Waals surface area (Å²) in [5.41, 5.74) is 0.532. The van der Waals surface area contributed by atoms with E-state index in [-0.39, 0.29) is 11.7 Å². The molecule has 1 heterocycles. The van der Waals surface area contributed by atoms with E-state index in [9.17, 15) is 9.90 Å². The van der Waals surface area contributed by atoms with Gasteiger partial charge in [-0.2, -0.15) is 0 Å². The quantitative estimate of drug-likeness (QED) is 0.789. The number of phenols is 1. The Bertz CT molecular complexity index is 414. The molecule has 17 heavy (non-hydrogen) atoms. The summed E-state index contributed by atoms with van der Waals surface area (Å²) in [5, 5.41) is 9.60. The molecule has 1 saturated heterocycles. The monoisotopic (exact) mass is 347 g/mol. The summed E-state index contributed by atoms with van der Waals surface area (Å²) < 4.78 is 6.06. The number of benzene rings is 1. The van der Waals surface area contributed by atoms with Crippen molar-refractivity contribution in [3.8, 4) is 5.75 Å². The molecule has 0 spiro atoms. The highest BCUT2D eigenvalue weighted by Crippen LogP contribution is 2.21. The molecule has 0 aliphatic carbocycles. The van der Waals surface area contributed by atoms with E-state index in [1.54, 1.807) is 17.0 Å². The molecule has 0 aromatic heterocycles. The smallest absolute Gasteiger partial charge is 0.254 e. The van der Waals surface area contributed by atoms with Gasteiger partial charge in [0.1, 0.15) is 5.75 Å². The van der Waals surface area contributed by atoms with Crippen molar-refractivity contribution < 1.29 is 14.6 Å². The van der Waals surface area contributed by atoms with Gasteiger partial charge >= 0.3 is 0 Å². The maximum absolute atomic E-state index is 12.2. The number of hydrogen-bond donors (Lipinski definition) is 1. The van der Waals surface area contributed by atoms with Crippen molar-refractivity contribution in [2.45, 2.75) is 6.42 Å². The minimum absolute atomic E-state index is 0.0396. The van der Waals surface area contributed by atoms with Gasteiger partial charge in [0.05, 0.1) is 10.2 Å². The molecule has 0 bridgehead atoms. The highest BCUT2D eigenvalue weighted by Gasteiger charge is 2.18. The van der Waals surface area contributed by atoms with Crippen LogP contribution in [0.2, 0.25) is 0 Å². The molecule has 4 nitrogen and oxygen atoms in total. The fourth-order valence-corrected chi connectivity index (χ4v) is 2.11. The second-order valence-electron chi connectivity index (χ2n) is 3.92. The molecule has 1 amide bonds. The van der Waals surface area contributed by atoms with Crippen molar-refractivity contribution in [2.75, 3.05) is 26.3 Å². The molecule has 92 valence electrons. The Morgan fingerprint density at radius 1 is 1.35 bits per heavy atom. The number of amides is 1. The van der Waals surface area contributed by atoms with Gasteiger partial charge in [-0.15, -0.1) is 0 Å². The van der Waals surface area contributed by atoms with Gasteiger partial charge in [-0.3, -0.25) is 4.79 Å². The van der Waals surface area contributed by atoms with E-state index in [1.807, 2.05) is 22.6 Å². The first kappa shape index (κ1) is 12.6. The van der Waals surface area contributed by atoms with E-state index in [0.717, 1.165) is 9.99 Å². The normalized spacial score (nSPS) is 16.6. The summed E-state index contributed by atoms with van der Waals surface area (Å²) in [6, 6.07) is 5.02.